The molecule has 1 heterocycles. The van der Waals surface area contributed by atoms with Crippen LogP contribution in [-0.4, -0.2) is 20.8 Å². The first kappa shape index (κ1) is 17.2. The van der Waals surface area contributed by atoms with Gasteiger partial charge in [-0.25, -0.2) is 4.68 Å². The molecular formula is C22H16ClN3O. The molecule has 0 aliphatic carbocycles. The SMILES string of the molecule is Cc1ccc(-n2cc(-c3ccccc3C(=O)c3cccc(Cl)c3)nn2)cc1. The van der Waals surface area contributed by atoms with Gasteiger partial charge in [-0.3, -0.25) is 4.79 Å². The van der Waals surface area contributed by atoms with Gasteiger partial charge < -0.3 is 0 Å². The third-order valence-electron chi connectivity index (χ3n) is 4.33. The number of hydrogen-bond donors (Lipinski definition) is 0. The van der Waals surface area contributed by atoms with E-state index in [9.17, 15) is 4.79 Å². The third kappa shape index (κ3) is 3.52. The Kier molecular flexibility index (Phi) is 4.57. The lowest BCUT2D eigenvalue weighted by Crippen LogP contribution is -2.03. The largest absolute Gasteiger partial charge is 0.289 e. The summed E-state index contributed by atoms with van der Waals surface area (Å²) in [7, 11) is 0. The molecule has 0 amide bonds. The number of aromatic nitrogens is 3. The minimum atomic E-state index is -0.0991. The van der Waals surface area contributed by atoms with E-state index in [1.54, 1.807) is 35.0 Å². The summed E-state index contributed by atoms with van der Waals surface area (Å²) in [6.45, 7) is 2.04. The fraction of sp³-hybridized carbons (Fsp3) is 0.0455. The highest BCUT2D eigenvalue weighted by molar-refractivity contribution is 6.31. The Labute approximate surface area is 162 Å². The molecule has 0 aliphatic heterocycles. The summed E-state index contributed by atoms with van der Waals surface area (Å²) in [5.41, 5.74) is 4.58. The number of halogens is 1. The Morgan fingerprint density at radius 2 is 1.74 bits per heavy atom. The zero-order valence-electron chi connectivity index (χ0n) is 14.6. The quantitative estimate of drug-likeness (QED) is 0.466. The van der Waals surface area contributed by atoms with Gasteiger partial charge in [0.15, 0.2) is 5.78 Å². The number of carbonyl (C=O) groups excluding carboxylic acids is 1. The molecule has 0 aliphatic rings. The van der Waals surface area contributed by atoms with Gasteiger partial charge in [-0.1, -0.05) is 70.9 Å². The molecule has 3 aromatic carbocycles. The average Bonchev–Trinajstić information content (AvgIpc) is 3.18. The van der Waals surface area contributed by atoms with Gasteiger partial charge in [-0.15, -0.1) is 5.10 Å². The zero-order chi connectivity index (χ0) is 18.8. The highest BCUT2D eigenvalue weighted by atomic mass is 35.5. The van der Waals surface area contributed by atoms with Crippen molar-refractivity contribution in [2.24, 2.45) is 0 Å². The van der Waals surface area contributed by atoms with Crippen LogP contribution in [0, 0.1) is 6.92 Å². The molecule has 4 aromatic rings. The van der Waals surface area contributed by atoms with Crippen LogP contribution in [0.25, 0.3) is 16.9 Å². The van der Waals surface area contributed by atoms with E-state index in [-0.39, 0.29) is 5.78 Å². The van der Waals surface area contributed by atoms with Crippen LogP contribution in [0.1, 0.15) is 21.5 Å². The topological polar surface area (TPSA) is 47.8 Å². The number of hydrogen-bond acceptors (Lipinski definition) is 3. The van der Waals surface area contributed by atoms with Crippen LogP contribution >= 0.6 is 11.6 Å². The molecule has 0 saturated heterocycles. The molecule has 4 rings (SSSR count). The van der Waals surface area contributed by atoms with Crippen molar-refractivity contribution >= 4 is 17.4 Å². The molecule has 0 atom stereocenters. The molecular weight excluding hydrogens is 358 g/mol. The molecule has 0 unspecified atom stereocenters. The average molecular weight is 374 g/mol. The van der Waals surface area contributed by atoms with E-state index in [2.05, 4.69) is 10.3 Å². The summed E-state index contributed by atoms with van der Waals surface area (Å²) < 4.78 is 1.70. The van der Waals surface area contributed by atoms with Crippen LogP contribution in [-0.2, 0) is 0 Å². The number of ketones is 1. The summed E-state index contributed by atoms with van der Waals surface area (Å²) in [5, 5.41) is 9.02. The number of aryl methyl sites for hydroxylation is 1. The first-order valence-corrected chi connectivity index (χ1v) is 8.89. The second-order valence-corrected chi connectivity index (χ2v) is 6.71. The van der Waals surface area contributed by atoms with Crippen molar-refractivity contribution in [2.75, 3.05) is 0 Å². The zero-order valence-corrected chi connectivity index (χ0v) is 15.4. The van der Waals surface area contributed by atoms with Crippen LogP contribution < -0.4 is 0 Å². The predicted molar refractivity (Wildman–Crippen MR) is 106 cm³/mol. The molecule has 0 saturated carbocycles. The van der Waals surface area contributed by atoms with Crippen LogP contribution in [0.5, 0.6) is 0 Å². The highest BCUT2D eigenvalue weighted by Gasteiger charge is 2.17. The van der Waals surface area contributed by atoms with Gasteiger partial charge in [0.25, 0.3) is 0 Å². The Morgan fingerprint density at radius 3 is 2.52 bits per heavy atom. The first-order valence-electron chi connectivity index (χ1n) is 8.51. The lowest BCUT2D eigenvalue weighted by molar-refractivity contribution is 0.103. The smallest absolute Gasteiger partial charge is 0.193 e. The summed E-state index contributed by atoms with van der Waals surface area (Å²) in [6.07, 6.45) is 1.83. The molecule has 4 nitrogen and oxygen atoms in total. The highest BCUT2D eigenvalue weighted by Crippen LogP contribution is 2.25. The third-order valence-corrected chi connectivity index (χ3v) is 4.56. The number of nitrogens with zero attached hydrogens (tertiary/aromatic N) is 3. The molecule has 0 fully saturated rings. The molecule has 0 N–H and O–H groups in total. The molecule has 1 aromatic heterocycles. The lowest BCUT2D eigenvalue weighted by atomic mass is 9.97. The van der Waals surface area contributed by atoms with Gasteiger partial charge in [0.05, 0.1) is 11.9 Å². The Hall–Kier alpha value is -3.24. The van der Waals surface area contributed by atoms with Crippen LogP contribution in [0.15, 0.2) is 79.0 Å². The number of carbonyl (C=O) groups is 1. The van der Waals surface area contributed by atoms with E-state index in [1.807, 2.05) is 55.6 Å². The summed E-state index contributed by atoms with van der Waals surface area (Å²) >= 11 is 6.04. The van der Waals surface area contributed by atoms with Crippen molar-refractivity contribution in [3.8, 4) is 16.9 Å². The van der Waals surface area contributed by atoms with Crippen LogP contribution in [0.3, 0.4) is 0 Å². The van der Waals surface area contributed by atoms with Gasteiger partial charge >= 0.3 is 0 Å². The molecule has 5 heteroatoms. The van der Waals surface area contributed by atoms with Crippen molar-refractivity contribution in [2.45, 2.75) is 6.92 Å². The van der Waals surface area contributed by atoms with Crippen molar-refractivity contribution in [3.63, 3.8) is 0 Å². The normalized spacial score (nSPS) is 10.7. The molecule has 27 heavy (non-hydrogen) atoms. The van der Waals surface area contributed by atoms with E-state index in [0.717, 1.165) is 11.3 Å². The maximum absolute atomic E-state index is 13.0. The molecule has 132 valence electrons. The fourth-order valence-corrected chi connectivity index (χ4v) is 3.09. The summed E-state index contributed by atoms with van der Waals surface area (Å²) in [4.78, 5) is 13.0. The Bertz CT molecular complexity index is 1120. The van der Waals surface area contributed by atoms with Gasteiger partial charge in [-0.05, 0) is 31.2 Å². The second kappa shape index (κ2) is 7.17. The Morgan fingerprint density at radius 1 is 0.963 bits per heavy atom. The second-order valence-electron chi connectivity index (χ2n) is 6.27. The van der Waals surface area contributed by atoms with Gasteiger partial charge in [0.2, 0.25) is 0 Å². The monoisotopic (exact) mass is 373 g/mol. The maximum atomic E-state index is 13.0. The lowest BCUT2D eigenvalue weighted by Gasteiger charge is -2.06. The van der Waals surface area contributed by atoms with Crippen LogP contribution in [0.4, 0.5) is 0 Å². The predicted octanol–water partition coefficient (Wildman–Crippen LogP) is 5.13. The van der Waals surface area contributed by atoms with Crippen molar-refractivity contribution in [1.82, 2.24) is 15.0 Å². The van der Waals surface area contributed by atoms with Crippen molar-refractivity contribution in [3.05, 3.63) is 101 Å². The summed E-state index contributed by atoms with van der Waals surface area (Å²) in [6, 6.07) is 22.3. The van der Waals surface area contributed by atoms with E-state index in [1.165, 1.54) is 5.56 Å². The van der Waals surface area contributed by atoms with Gasteiger partial charge in [0.1, 0.15) is 5.69 Å². The van der Waals surface area contributed by atoms with Crippen molar-refractivity contribution < 1.29 is 4.79 Å². The minimum Gasteiger partial charge on any atom is -0.289 e. The molecule has 0 spiro atoms. The number of rotatable bonds is 4. The van der Waals surface area contributed by atoms with Gasteiger partial charge in [0, 0.05) is 21.7 Å². The van der Waals surface area contributed by atoms with E-state index < -0.39 is 0 Å². The van der Waals surface area contributed by atoms with Crippen molar-refractivity contribution in [1.29, 1.82) is 0 Å². The van der Waals surface area contributed by atoms with E-state index >= 15 is 0 Å². The molecule has 0 radical (unpaired) electrons. The Balaban J connectivity index is 1.73. The first-order chi connectivity index (χ1) is 13.1. The standard InChI is InChI=1S/C22H16ClN3O/c1-15-9-11-18(12-10-15)26-14-21(24-25-26)19-7-2-3-8-20(19)22(27)16-5-4-6-17(23)13-16/h2-14H,1H3. The van der Waals surface area contributed by atoms with Gasteiger partial charge in [-0.2, -0.15) is 0 Å². The number of benzene rings is 3. The fourth-order valence-electron chi connectivity index (χ4n) is 2.90. The maximum Gasteiger partial charge on any atom is 0.193 e. The minimum absolute atomic E-state index is 0.0991. The van der Waals surface area contributed by atoms with E-state index in [4.69, 9.17) is 11.6 Å². The molecule has 0 bridgehead atoms. The van der Waals surface area contributed by atoms with E-state index in [0.29, 0.717) is 21.8 Å². The summed E-state index contributed by atoms with van der Waals surface area (Å²) in [5.74, 6) is -0.0991. The van der Waals surface area contributed by atoms with Crippen LogP contribution in [0.2, 0.25) is 5.02 Å².